The van der Waals surface area contributed by atoms with Gasteiger partial charge in [0.25, 0.3) is 0 Å². The summed E-state index contributed by atoms with van der Waals surface area (Å²) in [6.45, 7) is 2.51. The monoisotopic (exact) mass is 148 g/mol. The Morgan fingerprint density at radius 2 is 2.27 bits per heavy atom. The fourth-order valence-electron chi connectivity index (χ4n) is 0.659. The second-order valence-electron chi connectivity index (χ2n) is 1.99. The van der Waals surface area contributed by atoms with Crippen molar-refractivity contribution in [2.75, 3.05) is 6.61 Å². The SMILES string of the molecule is CCON=Cc1cc[c]cc1. The highest BCUT2D eigenvalue weighted by Gasteiger charge is 1.82. The second kappa shape index (κ2) is 4.50. The lowest BCUT2D eigenvalue weighted by molar-refractivity contribution is 0.160. The van der Waals surface area contributed by atoms with Crippen LogP contribution in [0.15, 0.2) is 29.4 Å². The van der Waals surface area contributed by atoms with Crippen molar-refractivity contribution >= 4 is 6.21 Å². The summed E-state index contributed by atoms with van der Waals surface area (Å²) in [5.74, 6) is 0. The van der Waals surface area contributed by atoms with Gasteiger partial charge < -0.3 is 4.84 Å². The zero-order valence-electron chi connectivity index (χ0n) is 6.45. The number of rotatable bonds is 3. The molecule has 0 unspecified atom stereocenters. The zero-order chi connectivity index (χ0) is 7.94. The molecular weight excluding hydrogens is 138 g/mol. The Bertz CT molecular complexity index is 218. The van der Waals surface area contributed by atoms with E-state index in [2.05, 4.69) is 11.2 Å². The van der Waals surface area contributed by atoms with Gasteiger partial charge in [-0.25, -0.2) is 0 Å². The third kappa shape index (κ3) is 2.85. The van der Waals surface area contributed by atoms with Crippen LogP contribution in [0, 0.1) is 6.07 Å². The van der Waals surface area contributed by atoms with Crippen LogP contribution < -0.4 is 0 Å². The molecule has 0 heterocycles. The molecule has 0 bridgehead atoms. The topological polar surface area (TPSA) is 21.6 Å². The number of hydrogen-bond acceptors (Lipinski definition) is 2. The minimum Gasteiger partial charge on any atom is -0.396 e. The van der Waals surface area contributed by atoms with Crippen LogP contribution in [0.1, 0.15) is 12.5 Å². The third-order valence-electron chi connectivity index (χ3n) is 1.15. The van der Waals surface area contributed by atoms with Crippen molar-refractivity contribution in [2.45, 2.75) is 6.92 Å². The first kappa shape index (κ1) is 7.79. The van der Waals surface area contributed by atoms with Crippen molar-refractivity contribution in [1.82, 2.24) is 0 Å². The van der Waals surface area contributed by atoms with Gasteiger partial charge in [-0.1, -0.05) is 29.4 Å². The number of nitrogens with zero attached hydrogens (tertiary/aromatic N) is 1. The molecular formula is C9H10NO. The Morgan fingerprint density at radius 1 is 1.55 bits per heavy atom. The van der Waals surface area contributed by atoms with Gasteiger partial charge in [-0.3, -0.25) is 0 Å². The molecule has 1 rings (SSSR count). The molecule has 1 aromatic carbocycles. The first-order valence-corrected chi connectivity index (χ1v) is 3.55. The van der Waals surface area contributed by atoms with Crippen LogP contribution >= 0.6 is 0 Å². The van der Waals surface area contributed by atoms with E-state index >= 15 is 0 Å². The predicted molar refractivity (Wildman–Crippen MR) is 44.5 cm³/mol. The molecule has 0 saturated carbocycles. The normalized spacial score (nSPS) is 10.3. The maximum atomic E-state index is 4.80. The summed E-state index contributed by atoms with van der Waals surface area (Å²) in [4.78, 5) is 4.80. The molecule has 11 heavy (non-hydrogen) atoms. The Labute approximate surface area is 66.5 Å². The number of benzene rings is 1. The molecule has 0 aromatic heterocycles. The van der Waals surface area contributed by atoms with E-state index in [0.717, 1.165) is 5.56 Å². The van der Waals surface area contributed by atoms with E-state index in [1.54, 1.807) is 6.21 Å². The van der Waals surface area contributed by atoms with Gasteiger partial charge in [0.15, 0.2) is 0 Å². The maximum Gasteiger partial charge on any atom is 0.114 e. The Morgan fingerprint density at radius 3 is 2.91 bits per heavy atom. The highest BCUT2D eigenvalue weighted by Crippen LogP contribution is 1.93. The molecule has 0 aliphatic heterocycles. The molecule has 0 N–H and O–H groups in total. The van der Waals surface area contributed by atoms with E-state index in [0.29, 0.717) is 6.61 Å². The van der Waals surface area contributed by atoms with Crippen LogP contribution in [-0.4, -0.2) is 12.8 Å². The van der Waals surface area contributed by atoms with Gasteiger partial charge in [0, 0.05) is 0 Å². The van der Waals surface area contributed by atoms with Crippen molar-refractivity contribution in [3.05, 3.63) is 35.9 Å². The standard InChI is InChI=1S/C9H10NO/c1-2-11-10-8-9-6-4-3-5-7-9/h4-8H,2H2,1H3. The molecule has 0 amide bonds. The molecule has 0 fully saturated rings. The quantitative estimate of drug-likeness (QED) is 0.473. The molecule has 0 atom stereocenters. The van der Waals surface area contributed by atoms with Crippen molar-refractivity contribution in [3.63, 3.8) is 0 Å². The van der Waals surface area contributed by atoms with E-state index in [1.165, 1.54) is 0 Å². The lowest BCUT2D eigenvalue weighted by atomic mass is 10.2. The van der Waals surface area contributed by atoms with Crippen LogP contribution in [0.4, 0.5) is 0 Å². The van der Waals surface area contributed by atoms with Gasteiger partial charge in [-0.05, 0) is 18.6 Å². The molecule has 2 nitrogen and oxygen atoms in total. The first-order valence-electron chi connectivity index (χ1n) is 3.55. The fourth-order valence-corrected chi connectivity index (χ4v) is 0.659. The highest BCUT2D eigenvalue weighted by molar-refractivity contribution is 5.78. The van der Waals surface area contributed by atoms with Crippen LogP contribution in [0.2, 0.25) is 0 Å². The Kier molecular flexibility index (Phi) is 3.19. The van der Waals surface area contributed by atoms with Crippen LogP contribution in [0.25, 0.3) is 0 Å². The van der Waals surface area contributed by atoms with Crippen molar-refractivity contribution in [2.24, 2.45) is 5.16 Å². The van der Waals surface area contributed by atoms with Gasteiger partial charge >= 0.3 is 0 Å². The summed E-state index contributed by atoms with van der Waals surface area (Å²) >= 11 is 0. The summed E-state index contributed by atoms with van der Waals surface area (Å²) in [5, 5.41) is 3.72. The van der Waals surface area contributed by atoms with E-state index < -0.39 is 0 Å². The average Bonchev–Trinajstić information content (AvgIpc) is 2.07. The molecule has 0 aliphatic rings. The predicted octanol–water partition coefficient (Wildman–Crippen LogP) is 1.86. The lowest BCUT2D eigenvalue weighted by Crippen LogP contribution is -1.82. The largest absolute Gasteiger partial charge is 0.396 e. The van der Waals surface area contributed by atoms with Gasteiger partial charge in [0.05, 0.1) is 6.21 Å². The van der Waals surface area contributed by atoms with E-state index in [4.69, 9.17) is 4.84 Å². The van der Waals surface area contributed by atoms with Crippen molar-refractivity contribution in [3.8, 4) is 0 Å². The molecule has 1 radical (unpaired) electrons. The fraction of sp³-hybridized carbons (Fsp3) is 0.222. The summed E-state index contributed by atoms with van der Waals surface area (Å²) in [6.07, 6.45) is 1.68. The number of hydrogen-bond donors (Lipinski definition) is 0. The zero-order valence-corrected chi connectivity index (χ0v) is 6.45. The number of oxime groups is 1. The summed E-state index contributed by atoms with van der Waals surface area (Å²) in [6, 6.07) is 10.4. The second-order valence-corrected chi connectivity index (χ2v) is 1.99. The molecule has 2 heteroatoms. The minimum atomic E-state index is 0.607. The van der Waals surface area contributed by atoms with Crippen LogP contribution in [0.3, 0.4) is 0 Å². The molecule has 0 saturated heterocycles. The Hall–Kier alpha value is -1.31. The van der Waals surface area contributed by atoms with Gasteiger partial charge in [-0.2, -0.15) is 0 Å². The van der Waals surface area contributed by atoms with Crippen molar-refractivity contribution in [1.29, 1.82) is 0 Å². The molecule has 1 aromatic rings. The van der Waals surface area contributed by atoms with Gasteiger partial charge in [-0.15, -0.1) is 0 Å². The average molecular weight is 148 g/mol. The molecule has 57 valence electrons. The van der Waals surface area contributed by atoms with Gasteiger partial charge in [0.1, 0.15) is 6.61 Å². The summed E-state index contributed by atoms with van der Waals surface area (Å²) in [5.41, 5.74) is 1.03. The van der Waals surface area contributed by atoms with Crippen LogP contribution in [-0.2, 0) is 4.84 Å². The third-order valence-corrected chi connectivity index (χ3v) is 1.15. The van der Waals surface area contributed by atoms with Gasteiger partial charge in [0.2, 0.25) is 0 Å². The molecule has 0 aliphatic carbocycles. The van der Waals surface area contributed by atoms with E-state index in [9.17, 15) is 0 Å². The summed E-state index contributed by atoms with van der Waals surface area (Å²) in [7, 11) is 0. The maximum absolute atomic E-state index is 4.80. The Balaban J connectivity index is 2.50. The molecule has 0 spiro atoms. The van der Waals surface area contributed by atoms with E-state index in [1.807, 2.05) is 31.2 Å². The van der Waals surface area contributed by atoms with E-state index in [-0.39, 0.29) is 0 Å². The smallest absolute Gasteiger partial charge is 0.114 e. The highest BCUT2D eigenvalue weighted by atomic mass is 16.6. The lowest BCUT2D eigenvalue weighted by Gasteiger charge is -1.91. The van der Waals surface area contributed by atoms with Crippen LogP contribution in [0.5, 0.6) is 0 Å². The summed E-state index contributed by atoms with van der Waals surface area (Å²) < 4.78 is 0. The minimum absolute atomic E-state index is 0.607. The first-order chi connectivity index (χ1) is 5.43. The van der Waals surface area contributed by atoms with Crippen molar-refractivity contribution < 1.29 is 4.84 Å².